The Morgan fingerprint density at radius 3 is 2.37 bits per heavy atom. The van der Waals surface area contributed by atoms with Crippen LogP contribution in [0.4, 0.5) is 13.2 Å². The molecule has 2 rings (SSSR count). The number of rotatable bonds is 2. The average Bonchev–Trinajstić information content (AvgIpc) is 2.38. The Kier molecular flexibility index (Phi) is 3.90. The summed E-state index contributed by atoms with van der Waals surface area (Å²) in [7, 11) is 0. The van der Waals surface area contributed by atoms with Gasteiger partial charge in [0.1, 0.15) is 0 Å². The molecular weight excluding hydrogens is 253 g/mol. The van der Waals surface area contributed by atoms with E-state index in [1.54, 1.807) is 0 Å². The molecule has 0 spiro atoms. The molecule has 0 radical (unpaired) electrons. The third-order valence-corrected chi connectivity index (χ3v) is 4.24. The zero-order chi connectivity index (χ0) is 14.1. The fourth-order valence-corrected chi connectivity index (χ4v) is 3.10. The van der Waals surface area contributed by atoms with Crippen LogP contribution in [0, 0.1) is 5.92 Å². The zero-order valence-corrected chi connectivity index (χ0v) is 11.0. The van der Waals surface area contributed by atoms with E-state index in [0.717, 1.165) is 37.8 Å². The molecule has 1 aromatic carbocycles. The molecule has 2 atom stereocenters. The van der Waals surface area contributed by atoms with Crippen LogP contribution in [-0.2, 0) is 11.8 Å². The highest BCUT2D eigenvalue weighted by atomic mass is 19.4. The summed E-state index contributed by atoms with van der Waals surface area (Å²) >= 11 is 0. The van der Waals surface area contributed by atoms with Crippen molar-refractivity contribution in [3.63, 3.8) is 0 Å². The van der Waals surface area contributed by atoms with Crippen molar-refractivity contribution in [2.24, 2.45) is 5.92 Å². The maximum atomic E-state index is 12.5. The lowest BCUT2D eigenvalue weighted by Crippen LogP contribution is -2.37. The Morgan fingerprint density at radius 1 is 1.21 bits per heavy atom. The molecule has 1 N–H and O–H groups in total. The monoisotopic (exact) mass is 272 g/mol. The summed E-state index contributed by atoms with van der Waals surface area (Å²) in [6.45, 7) is 2.02. The van der Waals surface area contributed by atoms with Gasteiger partial charge in [-0.25, -0.2) is 0 Å². The Morgan fingerprint density at radius 2 is 1.84 bits per heavy atom. The fraction of sp³-hybridized carbons (Fsp3) is 0.600. The Labute approximate surface area is 111 Å². The molecule has 2 unspecified atom stereocenters. The standard InChI is InChI=1S/C15H19F3O/c1-2-11-5-3-4-10-14(11,19)12-6-8-13(9-7-12)15(16,17)18/h6-9,11,19H,2-5,10H2,1H3. The Bertz CT molecular complexity index is 424. The van der Waals surface area contributed by atoms with Crippen molar-refractivity contribution in [3.05, 3.63) is 35.4 Å². The number of aliphatic hydroxyl groups is 1. The lowest BCUT2D eigenvalue weighted by molar-refractivity contribution is -0.137. The summed E-state index contributed by atoms with van der Waals surface area (Å²) in [5.74, 6) is 0.137. The molecular formula is C15H19F3O. The predicted octanol–water partition coefficient (Wildman–Crippen LogP) is 4.49. The molecule has 0 aliphatic heterocycles. The minimum Gasteiger partial charge on any atom is -0.385 e. The number of halogens is 3. The molecule has 1 nitrogen and oxygen atoms in total. The van der Waals surface area contributed by atoms with E-state index in [9.17, 15) is 18.3 Å². The topological polar surface area (TPSA) is 20.2 Å². The van der Waals surface area contributed by atoms with Crippen LogP contribution >= 0.6 is 0 Å². The van der Waals surface area contributed by atoms with Gasteiger partial charge in [-0.1, -0.05) is 38.3 Å². The molecule has 1 aliphatic carbocycles. The fourth-order valence-electron chi connectivity index (χ4n) is 3.10. The molecule has 0 aromatic heterocycles. The van der Waals surface area contributed by atoms with Crippen LogP contribution in [0.3, 0.4) is 0 Å². The molecule has 19 heavy (non-hydrogen) atoms. The zero-order valence-electron chi connectivity index (χ0n) is 11.0. The van der Waals surface area contributed by atoms with E-state index in [4.69, 9.17) is 0 Å². The SMILES string of the molecule is CCC1CCCCC1(O)c1ccc(C(F)(F)F)cc1. The van der Waals surface area contributed by atoms with Gasteiger partial charge in [0.25, 0.3) is 0 Å². The number of hydrogen-bond donors (Lipinski definition) is 1. The summed E-state index contributed by atoms with van der Waals surface area (Å²) in [5, 5.41) is 10.8. The van der Waals surface area contributed by atoms with Gasteiger partial charge in [0.2, 0.25) is 0 Å². The Hall–Kier alpha value is -1.03. The number of alkyl halides is 3. The third-order valence-electron chi connectivity index (χ3n) is 4.24. The predicted molar refractivity (Wildman–Crippen MR) is 67.6 cm³/mol. The van der Waals surface area contributed by atoms with Gasteiger partial charge in [0.05, 0.1) is 11.2 Å². The summed E-state index contributed by atoms with van der Waals surface area (Å²) in [4.78, 5) is 0. The van der Waals surface area contributed by atoms with Crippen molar-refractivity contribution in [3.8, 4) is 0 Å². The van der Waals surface area contributed by atoms with Gasteiger partial charge in [0, 0.05) is 0 Å². The van der Waals surface area contributed by atoms with Crippen LogP contribution in [0.1, 0.15) is 50.2 Å². The molecule has 0 heterocycles. The molecule has 106 valence electrons. The van der Waals surface area contributed by atoms with Crippen molar-refractivity contribution in [1.82, 2.24) is 0 Å². The van der Waals surface area contributed by atoms with Crippen molar-refractivity contribution in [2.75, 3.05) is 0 Å². The quantitative estimate of drug-likeness (QED) is 0.840. The number of benzene rings is 1. The lowest BCUT2D eigenvalue weighted by Gasteiger charge is -2.40. The van der Waals surface area contributed by atoms with Gasteiger partial charge in [0.15, 0.2) is 0 Å². The van der Waals surface area contributed by atoms with Crippen LogP contribution in [0.5, 0.6) is 0 Å². The smallest absolute Gasteiger partial charge is 0.385 e. The van der Waals surface area contributed by atoms with Crippen LogP contribution < -0.4 is 0 Å². The van der Waals surface area contributed by atoms with E-state index in [-0.39, 0.29) is 5.92 Å². The molecule has 1 aliphatic rings. The first-order valence-corrected chi connectivity index (χ1v) is 6.78. The van der Waals surface area contributed by atoms with Gasteiger partial charge in [-0.3, -0.25) is 0 Å². The first-order chi connectivity index (χ1) is 8.88. The highest BCUT2D eigenvalue weighted by Crippen LogP contribution is 2.43. The summed E-state index contributed by atoms with van der Waals surface area (Å²) in [6, 6.07) is 4.98. The van der Waals surface area contributed by atoms with Gasteiger partial charge in [-0.05, 0) is 36.5 Å². The van der Waals surface area contributed by atoms with E-state index < -0.39 is 17.3 Å². The maximum absolute atomic E-state index is 12.5. The van der Waals surface area contributed by atoms with Crippen molar-refractivity contribution in [2.45, 2.75) is 50.8 Å². The van der Waals surface area contributed by atoms with Gasteiger partial charge in [-0.2, -0.15) is 13.2 Å². The van der Waals surface area contributed by atoms with Crippen molar-refractivity contribution < 1.29 is 18.3 Å². The summed E-state index contributed by atoms with van der Waals surface area (Å²) in [5.41, 5.74) is -1.01. The minimum atomic E-state index is -4.32. The highest BCUT2D eigenvalue weighted by Gasteiger charge is 2.39. The molecule has 1 saturated carbocycles. The number of hydrogen-bond acceptors (Lipinski definition) is 1. The first-order valence-electron chi connectivity index (χ1n) is 6.78. The lowest BCUT2D eigenvalue weighted by atomic mass is 9.70. The second-order valence-corrected chi connectivity index (χ2v) is 5.35. The summed E-state index contributed by atoms with van der Waals surface area (Å²) in [6.07, 6.45) is 0.107. The van der Waals surface area contributed by atoms with Gasteiger partial charge in [-0.15, -0.1) is 0 Å². The molecule has 0 bridgehead atoms. The normalized spacial score (nSPS) is 28.4. The Balaban J connectivity index is 2.30. The van der Waals surface area contributed by atoms with E-state index in [1.165, 1.54) is 12.1 Å². The van der Waals surface area contributed by atoms with E-state index >= 15 is 0 Å². The van der Waals surface area contributed by atoms with Crippen LogP contribution in [0.2, 0.25) is 0 Å². The van der Waals surface area contributed by atoms with E-state index in [1.807, 2.05) is 6.92 Å². The first kappa shape index (κ1) is 14.4. The van der Waals surface area contributed by atoms with Crippen LogP contribution in [0.25, 0.3) is 0 Å². The van der Waals surface area contributed by atoms with E-state index in [2.05, 4.69) is 0 Å². The van der Waals surface area contributed by atoms with Crippen LogP contribution in [0.15, 0.2) is 24.3 Å². The molecule has 4 heteroatoms. The minimum absolute atomic E-state index is 0.137. The largest absolute Gasteiger partial charge is 0.416 e. The third kappa shape index (κ3) is 2.78. The molecule has 0 amide bonds. The van der Waals surface area contributed by atoms with Crippen molar-refractivity contribution in [1.29, 1.82) is 0 Å². The highest BCUT2D eigenvalue weighted by molar-refractivity contribution is 5.29. The molecule has 1 fully saturated rings. The second kappa shape index (κ2) is 5.16. The summed E-state index contributed by atoms with van der Waals surface area (Å²) < 4.78 is 37.6. The van der Waals surface area contributed by atoms with E-state index in [0.29, 0.717) is 12.0 Å². The van der Waals surface area contributed by atoms with Crippen LogP contribution in [-0.4, -0.2) is 5.11 Å². The molecule has 0 saturated heterocycles. The van der Waals surface area contributed by atoms with Gasteiger partial charge >= 0.3 is 6.18 Å². The average molecular weight is 272 g/mol. The second-order valence-electron chi connectivity index (χ2n) is 5.35. The van der Waals surface area contributed by atoms with Crippen molar-refractivity contribution >= 4 is 0 Å². The maximum Gasteiger partial charge on any atom is 0.416 e. The molecule has 1 aromatic rings. The van der Waals surface area contributed by atoms with Gasteiger partial charge < -0.3 is 5.11 Å².